The number of carbonyl (C=O) groups is 1. The van der Waals surface area contributed by atoms with Crippen molar-refractivity contribution in [2.24, 2.45) is 5.92 Å². The normalized spacial score (nSPS) is 16.1. The quantitative estimate of drug-likeness (QED) is 0.837. The van der Waals surface area contributed by atoms with Gasteiger partial charge in [-0.05, 0) is 61.2 Å². The number of amides is 1. The number of halogens is 1. The molecule has 0 unspecified atom stereocenters. The third-order valence-corrected chi connectivity index (χ3v) is 3.65. The van der Waals surface area contributed by atoms with E-state index >= 15 is 0 Å². The van der Waals surface area contributed by atoms with Gasteiger partial charge in [-0.15, -0.1) is 0 Å². The number of rotatable bonds is 2. The van der Waals surface area contributed by atoms with E-state index in [9.17, 15) is 4.79 Å². The van der Waals surface area contributed by atoms with Crippen LogP contribution in [0.25, 0.3) is 0 Å². The summed E-state index contributed by atoms with van der Waals surface area (Å²) >= 11 is 3.49. The number of hydrogen-bond acceptors (Lipinski definition) is 3. The molecule has 1 fully saturated rings. The van der Waals surface area contributed by atoms with Crippen LogP contribution in [0.2, 0.25) is 0 Å². The topological polar surface area (TPSA) is 42.4 Å². The minimum absolute atomic E-state index is 0.219. The third-order valence-electron chi connectivity index (χ3n) is 2.93. The van der Waals surface area contributed by atoms with Crippen molar-refractivity contribution >= 4 is 22.0 Å². The van der Waals surface area contributed by atoms with Crippen LogP contribution in [0.4, 0.5) is 4.79 Å². The lowest BCUT2D eigenvalue weighted by atomic mass is 9.95. The van der Waals surface area contributed by atoms with Crippen LogP contribution in [-0.4, -0.2) is 34.7 Å². The van der Waals surface area contributed by atoms with Gasteiger partial charge in [-0.1, -0.05) is 0 Å². The summed E-state index contributed by atoms with van der Waals surface area (Å²) in [6.45, 7) is 7.14. The molecule has 1 amide bonds. The monoisotopic (exact) mass is 326 g/mol. The van der Waals surface area contributed by atoms with Crippen molar-refractivity contribution in [1.29, 1.82) is 0 Å². The Morgan fingerprint density at radius 1 is 1.53 bits per heavy atom. The first kappa shape index (κ1) is 14.3. The fourth-order valence-electron chi connectivity index (χ4n) is 2.02. The molecule has 1 aromatic rings. The highest BCUT2D eigenvalue weighted by molar-refractivity contribution is 9.10. The first-order valence-corrected chi connectivity index (χ1v) is 7.22. The van der Waals surface area contributed by atoms with Gasteiger partial charge in [0.1, 0.15) is 5.60 Å². The Morgan fingerprint density at radius 2 is 2.21 bits per heavy atom. The fourth-order valence-corrected chi connectivity index (χ4v) is 2.43. The lowest BCUT2D eigenvalue weighted by Gasteiger charge is -2.39. The van der Waals surface area contributed by atoms with Gasteiger partial charge in [0.25, 0.3) is 0 Å². The first-order valence-electron chi connectivity index (χ1n) is 6.42. The molecule has 1 aliphatic heterocycles. The fraction of sp³-hybridized carbons (Fsp3) is 0.571. The zero-order valence-corrected chi connectivity index (χ0v) is 13.1. The van der Waals surface area contributed by atoms with Gasteiger partial charge >= 0.3 is 6.09 Å². The number of likely N-dealkylation sites (tertiary alicyclic amines) is 1. The summed E-state index contributed by atoms with van der Waals surface area (Å²) in [4.78, 5) is 17.9. The number of carbonyl (C=O) groups excluding carboxylic acids is 1. The second-order valence-electron chi connectivity index (χ2n) is 5.89. The van der Waals surface area contributed by atoms with E-state index in [0.29, 0.717) is 5.92 Å². The Morgan fingerprint density at radius 3 is 2.79 bits per heavy atom. The Balaban J connectivity index is 1.81. The summed E-state index contributed by atoms with van der Waals surface area (Å²) in [6, 6.07) is 3.90. The summed E-state index contributed by atoms with van der Waals surface area (Å²) in [5.41, 5.74) is 0.628. The molecular weight excluding hydrogens is 308 g/mol. The molecule has 0 atom stereocenters. The van der Waals surface area contributed by atoms with E-state index in [1.54, 1.807) is 11.1 Å². The number of hydrogen-bond donors (Lipinski definition) is 0. The van der Waals surface area contributed by atoms with Crippen LogP contribution in [0.1, 0.15) is 26.5 Å². The lowest BCUT2D eigenvalue weighted by molar-refractivity contribution is -0.00102. The average molecular weight is 327 g/mol. The SMILES string of the molecule is CC(C)(C)OC(=O)N1CC(Cc2ncccc2Br)C1. The van der Waals surface area contributed by atoms with Crippen LogP contribution in [-0.2, 0) is 11.2 Å². The Kier molecular flexibility index (Phi) is 4.13. The van der Waals surface area contributed by atoms with Crippen molar-refractivity contribution in [3.05, 3.63) is 28.5 Å². The maximum Gasteiger partial charge on any atom is 0.410 e. The van der Waals surface area contributed by atoms with Gasteiger partial charge in [0.15, 0.2) is 0 Å². The van der Waals surface area contributed by atoms with Gasteiger partial charge in [-0.2, -0.15) is 0 Å². The minimum Gasteiger partial charge on any atom is -0.444 e. The van der Waals surface area contributed by atoms with E-state index < -0.39 is 5.60 Å². The summed E-state index contributed by atoms with van der Waals surface area (Å²) < 4.78 is 6.36. The zero-order chi connectivity index (χ0) is 14.0. The number of aromatic nitrogens is 1. The highest BCUT2D eigenvalue weighted by atomic mass is 79.9. The zero-order valence-electron chi connectivity index (χ0n) is 11.5. The maximum atomic E-state index is 11.8. The molecule has 0 aliphatic carbocycles. The Bertz CT molecular complexity index is 465. The summed E-state index contributed by atoms with van der Waals surface area (Å²) in [5, 5.41) is 0. The molecule has 0 aromatic carbocycles. The highest BCUT2D eigenvalue weighted by Gasteiger charge is 2.34. The van der Waals surface area contributed by atoms with Crippen molar-refractivity contribution in [2.75, 3.05) is 13.1 Å². The van der Waals surface area contributed by atoms with Crippen molar-refractivity contribution in [3.8, 4) is 0 Å². The molecule has 5 heteroatoms. The van der Waals surface area contributed by atoms with Crippen LogP contribution in [0.5, 0.6) is 0 Å². The maximum absolute atomic E-state index is 11.8. The molecule has 1 saturated heterocycles. The molecule has 0 spiro atoms. The van der Waals surface area contributed by atoms with Gasteiger partial charge in [0, 0.05) is 23.8 Å². The third kappa shape index (κ3) is 3.93. The summed E-state index contributed by atoms with van der Waals surface area (Å²) in [7, 11) is 0. The van der Waals surface area contributed by atoms with Crippen molar-refractivity contribution in [2.45, 2.75) is 32.8 Å². The smallest absolute Gasteiger partial charge is 0.410 e. The molecule has 0 N–H and O–H groups in total. The second kappa shape index (κ2) is 5.49. The van der Waals surface area contributed by atoms with Gasteiger partial charge in [0.05, 0.1) is 5.69 Å². The predicted molar refractivity (Wildman–Crippen MR) is 76.9 cm³/mol. The van der Waals surface area contributed by atoms with Crippen molar-refractivity contribution < 1.29 is 9.53 Å². The van der Waals surface area contributed by atoms with Crippen molar-refractivity contribution in [1.82, 2.24) is 9.88 Å². The van der Waals surface area contributed by atoms with Crippen LogP contribution >= 0.6 is 15.9 Å². The average Bonchev–Trinajstić information content (AvgIpc) is 2.22. The van der Waals surface area contributed by atoms with Crippen LogP contribution in [0.15, 0.2) is 22.8 Å². The Labute approximate surface area is 122 Å². The van der Waals surface area contributed by atoms with Gasteiger partial charge in [-0.25, -0.2) is 4.79 Å². The number of nitrogens with zero attached hydrogens (tertiary/aromatic N) is 2. The molecule has 1 aromatic heterocycles. The molecule has 104 valence electrons. The molecule has 0 bridgehead atoms. The number of pyridine rings is 1. The van der Waals surface area contributed by atoms with Crippen LogP contribution < -0.4 is 0 Å². The lowest BCUT2D eigenvalue weighted by Crippen LogP contribution is -2.52. The predicted octanol–water partition coefficient (Wildman–Crippen LogP) is 3.25. The molecule has 2 heterocycles. The van der Waals surface area contributed by atoms with E-state index in [1.807, 2.05) is 32.9 Å². The molecule has 19 heavy (non-hydrogen) atoms. The van der Waals surface area contributed by atoms with Crippen LogP contribution in [0, 0.1) is 5.92 Å². The molecule has 0 radical (unpaired) electrons. The summed E-state index contributed by atoms with van der Waals surface area (Å²) in [6.07, 6.45) is 2.47. The Hall–Kier alpha value is -1.10. The number of ether oxygens (including phenoxy) is 1. The molecule has 2 rings (SSSR count). The highest BCUT2D eigenvalue weighted by Crippen LogP contribution is 2.25. The van der Waals surface area contributed by atoms with E-state index in [-0.39, 0.29) is 6.09 Å². The molecular formula is C14H19BrN2O2. The largest absolute Gasteiger partial charge is 0.444 e. The van der Waals surface area contributed by atoms with E-state index in [1.165, 1.54) is 0 Å². The van der Waals surface area contributed by atoms with Crippen LogP contribution in [0.3, 0.4) is 0 Å². The molecule has 0 saturated carbocycles. The van der Waals surface area contributed by atoms with E-state index in [0.717, 1.165) is 29.7 Å². The molecule has 1 aliphatic rings. The minimum atomic E-state index is -0.424. The van der Waals surface area contributed by atoms with E-state index in [4.69, 9.17) is 4.74 Å². The summed E-state index contributed by atoms with van der Waals surface area (Å²) in [5.74, 6) is 0.471. The van der Waals surface area contributed by atoms with Crippen molar-refractivity contribution in [3.63, 3.8) is 0 Å². The molecule has 4 nitrogen and oxygen atoms in total. The van der Waals surface area contributed by atoms with E-state index in [2.05, 4.69) is 20.9 Å². The second-order valence-corrected chi connectivity index (χ2v) is 6.74. The first-order chi connectivity index (χ1) is 8.85. The standard InChI is InChI=1S/C14H19BrN2O2/c1-14(2,3)19-13(18)17-8-10(9-17)7-12-11(15)5-4-6-16-12/h4-6,10H,7-9H2,1-3H3. The van der Waals surface area contributed by atoms with Gasteiger partial charge in [0.2, 0.25) is 0 Å². The van der Waals surface area contributed by atoms with Gasteiger partial charge in [-0.3, -0.25) is 4.98 Å². The van der Waals surface area contributed by atoms with Gasteiger partial charge < -0.3 is 9.64 Å².